The van der Waals surface area contributed by atoms with E-state index < -0.39 is 5.41 Å². The molecule has 1 aromatic carbocycles. The SMILES string of the molecule is CN(CCc1c[nH]c2ccccc12)C(=O)C(C)(C)C#N. The number of amides is 1. The molecule has 0 saturated heterocycles. The van der Waals surface area contributed by atoms with E-state index in [1.54, 1.807) is 25.8 Å². The average Bonchev–Trinajstić information content (AvgIpc) is 2.87. The largest absolute Gasteiger partial charge is 0.361 e. The van der Waals surface area contributed by atoms with Gasteiger partial charge in [-0.15, -0.1) is 0 Å². The molecule has 0 aliphatic rings. The van der Waals surface area contributed by atoms with E-state index in [0.717, 1.165) is 11.9 Å². The summed E-state index contributed by atoms with van der Waals surface area (Å²) in [5.41, 5.74) is 1.33. The molecule has 0 saturated carbocycles. The lowest BCUT2D eigenvalue weighted by Crippen LogP contribution is -2.38. The van der Waals surface area contributed by atoms with E-state index in [4.69, 9.17) is 5.26 Å². The van der Waals surface area contributed by atoms with Gasteiger partial charge in [0.15, 0.2) is 0 Å². The van der Waals surface area contributed by atoms with Crippen LogP contribution in [0.3, 0.4) is 0 Å². The number of aromatic nitrogens is 1. The number of fused-ring (bicyclic) bond motifs is 1. The number of hydrogen-bond acceptors (Lipinski definition) is 2. The predicted molar refractivity (Wildman–Crippen MR) is 79.0 cm³/mol. The van der Waals surface area contributed by atoms with Crippen molar-refractivity contribution in [2.24, 2.45) is 5.41 Å². The number of carbonyl (C=O) groups is 1. The van der Waals surface area contributed by atoms with Crippen LogP contribution in [0, 0.1) is 16.7 Å². The molecule has 1 amide bonds. The molecule has 0 fully saturated rings. The standard InChI is InChI=1S/C16H19N3O/c1-16(2,11-17)15(20)19(3)9-8-12-10-18-14-7-5-4-6-13(12)14/h4-7,10,18H,8-9H2,1-3H3. The average molecular weight is 269 g/mol. The lowest BCUT2D eigenvalue weighted by atomic mass is 9.94. The second kappa shape index (κ2) is 5.38. The maximum absolute atomic E-state index is 12.1. The number of aromatic amines is 1. The first kappa shape index (κ1) is 14.1. The van der Waals surface area contributed by atoms with E-state index in [1.807, 2.05) is 30.5 Å². The molecule has 4 nitrogen and oxygen atoms in total. The number of nitrogens with zero attached hydrogens (tertiary/aromatic N) is 2. The molecule has 0 atom stereocenters. The first-order valence-electron chi connectivity index (χ1n) is 6.67. The highest BCUT2D eigenvalue weighted by Gasteiger charge is 2.30. The molecule has 0 aliphatic carbocycles. The summed E-state index contributed by atoms with van der Waals surface area (Å²) >= 11 is 0. The Labute approximate surface area is 119 Å². The molecule has 0 aliphatic heterocycles. The second-order valence-electron chi connectivity index (χ2n) is 5.57. The van der Waals surface area contributed by atoms with Crippen molar-refractivity contribution in [2.75, 3.05) is 13.6 Å². The van der Waals surface area contributed by atoms with Crippen LogP contribution in [0.5, 0.6) is 0 Å². The Bertz CT molecular complexity index is 664. The minimum Gasteiger partial charge on any atom is -0.361 e. The zero-order chi connectivity index (χ0) is 14.8. The second-order valence-corrected chi connectivity index (χ2v) is 5.57. The Morgan fingerprint density at radius 3 is 2.80 bits per heavy atom. The maximum atomic E-state index is 12.1. The zero-order valence-electron chi connectivity index (χ0n) is 12.1. The molecule has 104 valence electrons. The molecule has 20 heavy (non-hydrogen) atoms. The highest BCUT2D eigenvalue weighted by atomic mass is 16.2. The fourth-order valence-corrected chi connectivity index (χ4v) is 2.25. The molecule has 1 heterocycles. The van der Waals surface area contributed by atoms with E-state index >= 15 is 0 Å². The summed E-state index contributed by atoms with van der Waals surface area (Å²) in [6.45, 7) is 3.90. The van der Waals surface area contributed by atoms with Crippen LogP contribution in [0.1, 0.15) is 19.4 Å². The monoisotopic (exact) mass is 269 g/mol. The number of benzene rings is 1. The third-order valence-electron chi connectivity index (χ3n) is 3.55. The highest BCUT2D eigenvalue weighted by Crippen LogP contribution is 2.20. The van der Waals surface area contributed by atoms with Gasteiger partial charge in [-0.25, -0.2) is 0 Å². The lowest BCUT2D eigenvalue weighted by molar-refractivity contribution is -0.136. The van der Waals surface area contributed by atoms with Gasteiger partial charge in [0, 0.05) is 30.7 Å². The smallest absolute Gasteiger partial charge is 0.242 e. The fourth-order valence-electron chi connectivity index (χ4n) is 2.25. The number of hydrogen-bond donors (Lipinski definition) is 1. The Morgan fingerprint density at radius 2 is 2.10 bits per heavy atom. The topological polar surface area (TPSA) is 59.9 Å². The molecular formula is C16H19N3O. The van der Waals surface area contributed by atoms with Crippen molar-refractivity contribution in [2.45, 2.75) is 20.3 Å². The molecule has 4 heteroatoms. The van der Waals surface area contributed by atoms with Gasteiger partial charge in [0.1, 0.15) is 5.41 Å². The number of likely N-dealkylation sites (N-methyl/N-ethyl adjacent to an activating group) is 1. The van der Waals surface area contributed by atoms with Gasteiger partial charge >= 0.3 is 0 Å². The minimum atomic E-state index is -0.963. The van der Waals surface area contributed by atoms with Crippen LogP contribution in [0.4, 0.5) is 0 Å². The molecule has 0 bridgehead atoms. The third-order valence-corrected chi connectivity index (χ3v) is 3.55. The van der Waals surface area contributed by atoms with Crippen LogP contribution >= 0.6 is 0 Å². The van der Waals surface area contributed by atoms with Crippen LogP contribution in [0.25, 0.3) is 10.9 Å². The van der Waals surface area contributed by atoms with E-state index in [-0.39, 0.29) is 5.91 Å². The summed E-state index contributed by atoms with van der Waals surface area (Å²) in [6.07, 6.45) is 2.76. The van der Waals surface area contributed by atoms with Gasteiger partial charge in [-0.05, 0) is 31.9 Å². The highest BCUT2D eigenvalue weighted by molar-refractivity contribution is 5.85. The van der Waals surface area contributed by atoms with Gasteiger partial charge < -0.3 is 9.88 Å². The lowest BCUT2D eigenvalue weighted by Gasteiger charge is -2.23. The van der Waals surface area contributed by atoms with Crippen molar-refractivity contribution in [3.63, 3.8) is 0 Å². The Hall–Kier alpha value is -2.28. The van der Waals surface area contributed by atoms with E-state index in [9.17, 15) is 4.79 Å². The molecule has 0 radical (unpaired) electrons. The van der Waals surface area contributed by atoms with E-state index in [0.29, 0.717) is 6.54 Å². The van der Waals surface area contributed by atoms with Gasteiger partial charge in [-0.2, -0.15) is 5.26 Å². The summed E-state index contributed by atoms with van der Waals surface area (Å²) in [5.74, 6) is -0.139. The van der Waals surface area contributed by atoms with Crippen LogP contribution < -0.4 is 0 Å². The van der Waals surface area contributed by atoms with Crippen molar-refractivity contribution < 1.29 is 4.79 Å². The van der Waals surface area contributed by atoms with Crippen LogP contribution in [-0.2, 0) is 11.2 Å². The molecule has 2 aromatic rings. The van der Waals surface area contributed by atoms with Crippen molar-refractivity contribution in [3.8, 4) is 6.07 Å². The molecular weight excluding hydrogens is 250 g/mol. The van der Waals surface area contributed by atoms with Crippen molar-refractivity contribution in [1.82, 2.24) is 9.88 Å². The number of rotatable bonds is 4. The number of nitriles is 1. The molecule has 1 aromatic heterocycles. The summed E-state index contributed by atoms with van der Waals surface area (Å²) in [7, 11) is 1.75. The normalized spacial score (nSPS) is 11.3. The molecule has 0 spiro atoms. The third kappa shape index (κ3) is 2.67. The van der Waals surface area contributed by atoms with Crippen molar-refractivity contribution >= 4 is 16.8 Å². The van der Waals surface area contributed by atoms with Gasteiger partial charge in [0.25, 0.3) is 0 Å². The van der Waals surface area contributed by atoms with Crippen molar-refractivity contribution in [3.05, 3.63) is 36.0 Å². The Kier molecular flexibility index (Phi) is 3.80. The summed E-state index contributed by atoms with van der Waals surface area (Å²) in [5, 5.41) is 10.2. The number of nitrogens with one attached hydrogen (secondary N) is 1. The number of H-pyrrole nitrogens is 1. The van der Waals surface area contributed by atoms with Gasteiger partial charge in [-0.1, -0.05) is 18.2 Å². The molecule has 2 rings (SSSR count). The fraction of sp³-hybridized carbons (Fsp3) is 0.375. The van der Waals surface area contributed by atoms with Gasteiger partial charge in [0.05, 0.1) is 6.07 Å². The van der Waals surface area contributed by atoms with Crippen molar-refractivity contribution in [1.29, 1.82) is 5.26 Å². The van der Waals surface area contributed by atoms with E-state index in [1.165, 1.54) is 10.9 Å². The van der Waals surface area contributed by atoms with Crippen LogP contribution in [0.2, 0.25) is 0 Å². The molecule has 1 N–H and O–H groups in total. The Balaban J connectivity index is 2.06. The Morgan fingerprint density at radius 1 is 1.40 bits per heavy atom. The quantitative estimate of drug-likeness (QED) is 0.927. The van der Waals surface area contributed by atoms with E-state index in [2.05, 4.69) is 11.1 Å². The van der Waals surface area contributed by atoms with Gasteiger partial charge in [0.2, 0.25) is 5.91 Å². The summed E-state index contributed by atoms with van der Waals surface area (Å²) in [4.78, 5) is 17.0. The zero-order valence-corrected chi connectivity index (χ0v) is 12.1. The molecule has 0 unspecified atom stereocenters. The number of carbonyl (C=O) groups excluding carboxylic acids is 1. The summed E-state index contributed by atoms with van der Waals surface area (Å²) < 4.78 is 0. The first-order chi connectivity index (χ1) is 9.45. The maximum Gasteiger partial charge on any atom is 0.242 e. The van der Waals surface area contributed by atoms with Gasteiger partial charge in [-0.3, -0.25) is 4.79 Å². The van der Waals surface area contributed by atoms with Crippen LogP contribution in [-0.4, -0.2) is 29.4 Å². The predicted octanol–water partition coefficient (Wildman–Crippen LogP) is 2.72. The number of para-hydroxylation sites is 1. The minimum absolute atomic E-state index is 0.139. The summed E-state index contributed by atoms with van der Waals surface area (Å²) in [6, 6.07) is 10.2. The van der Waals surface area contributed by atoms with Crippen LogP contribution in [0.15, 0.2) is 30.5 Å². The first-order valence-corrected chi connectivity index (χ1v) is 6.67.